The van der Waals surface area contributed by atoms with Crippen LogP contribution in [0.4, 0.5) is 8.78 Å². The number of aromatic nitrogens is 2. The van der Waals surface area contributed by atoms with Gasteiger partial charge in [-0.2, -0.15) is 0 Å². The first-order chi connectivity index (χ1) is 16.2. The third kappa shape index (κ3) is 5.72. The van der Waals surface area contributed by atoms with Crippen LogP contribution in [0.15, 0.2) is 59.7 Å². The summed E-state index contributed by atoms with van der Waals surface area (Å²) < 4.78 is 33.1. The molecule has 8 heteroatoms. The summed E-state index contributed by atoms with van der Waals surface area (Å²) >= 11 is 5.89. The van der Waals surface area contributed by atoms with Crippen LogP contribution in [0.3, 0.4) is 0 Å². The maximum atomic E-state index is 13.1. The van der Waals surface area contributed by atoms with Gasteiger partial charge in [0.15, 0.2) is 0 Å². The van der Waals surface area contributed by atoms with Crippen molar-refractivity contribution in [3.63, 3.8) is 0 Å². The fraction of sp³-hybridized carbons (Fsp3) is 0.308. The lowest BCUT2D eigenvalue weighted by molar-refractivity contribution is -0.207. The zero-order valence-corrected chi connectivity index (χ0v) is 19.4. The molecule has 0 saturated heterocycles. The van der Waals surface area contributed by atoms with E-state index in [1.54, 1.807) is 30.3 Å². The summed E-state index contributed by atoms with van der Waals surface area (Å²) in [4.78, 5) is 17.0. The van der Waals surface area contributed by atoms with Gasteiger partial charge < -0.3 is 9.84 Å². The Hall–Kier alpha value is -3.03. The van der Waals surface area contributed by atoms with Crippen LogP contribution in [0.2, 0.25) is 5.02 Å². The largest absolute Gasteiger partial charge is 0.496 e. The maximum Gasteiger partial charge on any atom is 0.258 e. The van der Waals surface area contributed by atoms with E-state index < -0.39 is 24.4 Å². The van der Waals surface area contributed by atoms with E-state index in [1.807, 2.05) is 24.3 Å². The van der Waals surface area contributed by atoms with E-state index in [0.717, 1.165) is 11.1 Å². The summed E-state index contributed by atoms with van der Waals surface area (Å²) in [5, 5.41) is 10.8. The van der Waals surface area contributed by atoms with Gasteiger partial charge in [0.2, 0.25) is 0 Å². The second kappa shape index (κ2) is 9.68. The van der Waals surface area contributed by atoms with Gasteiger partial charge in [0.05, 0.1) is 24.1 Å². The molecule has 0 unspecified atom stereocenters. The molecule has 1 N–H and O–H groups in total. The van der Waals surface area contributed by atoms with Gasteiger partial charge in [0, 0.05) is 30.0 Å². The fourth-order valence-electron chi connectivity index (χ4n) is 4.24. The molecule has 3 aromatic rings. The number of aryl methyl sites for hydroxylation is 1. The molecule has 4 rings (SSSR count). The maximum absolute atomic E-state index is 13.1. The van der Waals surface area contributed by atoms with Crippen LogP contribution in [0.25, 0.3) is 17.8 Å². The number of nitrogens with zero attached hydrogens (tertiary/aromatic N) is 2. The van der Waals surface area contributed by atoms with Crippen LogP contribution in [0.1, 0.15) is 42.5 Å². The number of rotatable bonds is 8. The first-order valence-corrected chi connectivity index (χ1v) is 11.3. The molecule has 0 spiro atoms. The topological polar surface area (TPSA) is 64.4 Å². The van der Waals surface area contributed by atoms with Gasteiger partial charge in [-0.1, -0.05) is 35.9 Å². The second-order valence-corrected chi connectivity index (χ2v) is 9.13. The highest BCUT2D eigenvalue weighted by Gasteiger charge is 2.55. The molecule has 0 amide bonds. The Kier molecular flexibility index (Phi) is 6.86. The molecular weight excluding hydrogens is 462 g/mol. The highest BCUT2D eigenvalue weighted by atomic mass is 35.5. The molecule has 1 heterocycles. The Labute approximate surface area is 201 Å². The van der Waals surface area contributed by atoms with Crippen molar-refractivity contribution in [2.24, 2.45) is 0 Å². The van der Waals surface area contributed by atoms with Gasteiger partial charge in [-0.3, -0.25) is 9.36 Å². The van der Waals surface area contributed by atoms with Crippen molar-refractivity contribution in [3.05, 3.63) is 87.1 Å². The van der Waals surface area contributed by atoms with Crippen molar-refractivity contribution in [3.8, 4) is 11.4 Å². The highest BCUT2D eigenvalue weighted by Crippen LogP contribution is 2.48. The Balaban J connectivity index is 1.44. The van der Waals surface area contributed by atoms with Crippen LogP contribution in [-0.2, 0) is 6.42 Å². The molecule has 1 fully saturated rings. The van der Waals surface area contributed by atoms with Crippen LogP contribution < -0.4 is 10.3 Å². The number of hydrogen-bond donors (Lipinski definition) is 1. The quantitative estimate of drug-likeness (QED) is 0.453. The molecule has 0 bridgehead atoms. The van der Waals surface area contributed by atoms with E-state index in [-0.39, 0.29) is 5.56 Å². The van der Waals surface area contributed by atoms with Crippen molar-refractivity contribution in [2.45, 2.75) is 43.6 Å². The molecule has 1 aliphatic rings. The Morgan fingerprint density at radius 3 is 2.53 bits per heavy atom. The normalized spacial score (nSPS) is 16.4. The summed E-state index contributed by atoms with van der Waals surface area (Å²) in [6.45, 7) is 0. The molecule has 34 heavy (non-hydrogen) atoms. The van der Waals surface area contributed by atoms with Crippen molar-refractivity contribution < 1.29 is 18.6 Å². The second-order valence-electron chi connectivity index (χ2n) is 8.69. The Morgan fingerprint density at radius 2 is 1.88 bits per heavy atom. The molecule has 0 atom stereocenters. The number of hydrogen-bond acceptors (Lipinski definition) is 4. The number of alkyl halides is 2. The van der Waals surface area contributed by atoms with E-state index in [0.29, 0.717) is 41.4 Å². The summed E-state index contributed by atoms with van der Waals surface area (Å²) in [5.74, 6) is -2.17. The third-order valence-electron chi connectivity index (χ3n) is 5.96. The summed E-state index contributed by atoms with van der Waals surface area (Å²) in [6, 6.07) is 14.1. The van der Waals surface area contributed by atoms with Gasteiger partial charge >= 0.3 is 0 Å². The lowest BCUT2D eigenvalue weighted by Crippen LogP contribution is -2.51. The summed E-state index contributed by atoms with van der Waals surface area (Å²) in [6.07, 6.45) is 5.55. The van der Waals surface area contributed by atoms with Crippen LogP contribution in [0, 0.1) is 0 Å². The van der Waals surface area contributed by atoms with Crippen molar-refractivity contribution in [2.75, 3.05) is 7.11 Å². The number of aliphatic hydroxyl groups is 1. The monoisotopic (exact) mass is 486 g/mol. The average molecular weight is 487 g/mol. The standard InChI is InChI=1S/C26H25ClF2N2O3/c1-34-23-14-22(11-7-19(23)3-2-12-25(33)15-26(28,29)16-25)31-17-30-21(13-24(31)32)10-6-18-4-8-20(27)9-5-18/h4-11,13-14,17,33H,2-3,12,15-16H2,1H3/b10-6+. The molecule has 1 saturated carbocycles. The smallest absolute Gasteiger partial charge is 0.258 e. The van der Waals surface area contributed by atoms with Crippen molar-refractivity contribution in [1.82, 2.24) is 9.55 Å². The van der Waals surface area contributed by atoms with E-state index in [2.05, 4.69) is 4.98 Å². The summed E-state index contributed by atoms with van der Waals surface area (Å²) in [5.41, 5.74) is 1.43. The Morgan fingerprint density at radius 1 is 1.15 bits per heavy atom. The van der Waals surface area contributed by atoms with Crippen molar-refractivity contribution in [1.29, 1.82) is 0 Å². The number of ether oxygens (including phenoxy) is 1. The van der Waals surface area contributed by atoms with Crippen LogP contribution >= 0.6 is 11.6 Å². The highest BCUT2D eigenvalue weighted by molar-refractivity contribution is 6.30. The van der Waals surface area contributed by atoms with Crippen LogP contribution in [-0.4, -0.2) is 33.3 Å². The molecule has 0 aliphatic heterocycles. The van der Waals surface area contributed by atoms with Gasteiger partial charge in [-0.05, 0) is 54.7 Å². The van der Waals surface area contributed by atoms with E-state index in [4.69, 9.17) is 16.3 Å². The molecule has 1 aromatic heterocycles. The lowest BCUT2D eigenvalue weighted by Gasteiger charge is -2.43. The van der Waals surface area contributed by atoms with E-state index >= 15 is 0 Å². The molecule has 178 valence electrons. The number of benzene rings is 2. The van der Waals surface area contributed by atoms with Gasteiger partial charge in [-0.15, -0.1) is 0 Å². The Bertz CT molecular complexity index is 1250. The number of methoxy groups -OCH3 is 1. The third-order valence-corrected chi connectivity index (χ3v) is 6.21. The predicted octanol–water partition coefficient (Wildman–Crippen LogP) is 5.55. The minimum atomic E-state index is -2.75. The number of halogens is 3. The zero-order chi connectivity index (χ0) is 24.3. The molecule has 2 aromatic carbocycles. The fourth-order valence-corrected chi connectivity index (χ4v) is 4.37. The zero-order valence-electron chi connectivity index (χ0n) is 18.7. The SMILES string of the molecule is COc1cc(-n2cnc(/C=C/c3ccc(Cl)cc3)cc2=O)ccc1CCCC1(O)CC(F)(F)C1. The van der Waals surface area contributed by atoms with Crippen LogP contribution in [0.5, 0.6) is 5.75 Å². The average Bonchev–Trinajstić information content (AvgIpc) is 2.77. The predicted molar refractivity (Wildman–Crippen MR) is 129 cm³/mol. The van der Waals surface area contributed by atoms with Gasteiger partial charge in [0.1, 0.15) is 12.1 Å². The minimum Gasteiger partial charge on any atom is -0.496 e. The molecular formula is C26H25ClF2N2O3. The van der Waals surface area contributed by atoms with Gasteiger partial charge in [0.25, 0.3) is 11.5 Å². The molecule has 5 nitrogen and oxygen atoms in total. The first-order valence-electron chi connectivity index (χ1n) is 11.0. The van der Waals surface area contributed by atoms with Gasteiger partial charge in [-0.25, -0.2) is 13.8 Å². The van der Waals surface area contributed by atoms with E-state index in [1.165, 1.54) is 24.1 Å². The van der Waals surface area contributed by atoms with Crippen molar-refractivity contribution >= 4 is 23.8 Å². The minimum absolute atomic E-state index is 0.242. The van der Waals surface area contributed by atoms with E-state index in [9.17, 15) is 18.7 Å². The molecule has 0 radical (unpaired) electrons. The lowest BCUT2D eigenvalue weighted by atomic mass is 9.73. The molecule has 1 aliphatic carbocycles. The summed E-state index contributed by atoms with van der Waals surface area (Å²) in [7, 11) is 1.54. The first kappa shape index (κ1) is 24.1.